The summed E-state index contributed by atoms with van der Waals surface area (Å²) in [4.78, 5) is 14.3. The number of nitrogens with zero attached hydrogens (tertiary/aromatic N) is 1. The van der Waals surface area contributed by atoms with Crippen LogP contribution >= 0.6 is 0 Å². The summed E-state index contributed by atoms with van der Waals surface area (Å²) in [5.41, 5.74) is 2.92. The Labute approximate surface area is 162 Å². The molecule has 0 atom stereocenters. The van der Waals surface area contributed by atoms with E-state index < -0.39 is 10.0 Å². The highest BCUT2D eigenvalue weighted by molar-refractivity contribution is 7.92. The number of carbonyl (C=O) groups is 1. The van der Waals surface area contributed by atoms with Crippen LogP contribution in [0.2, 0.25) is 0 Å². The summed E-state index contributed by atoms with van der Waals surface area (Å²) < 4.78 is 28.7. The first kappa shape index (κ1) is 21.0. The van der Waals surface area contributed by atoms with Crippen LogP contribution in [0.25, 0.3) is 0 Å². The number of nitrogens with one attached hydrogen (secondary N) is 1. The summed E-state index contributed by atoms with van der Waals surface area (Å²) in [6.07, 6.45) is 1.46. The Morgan fingerprint density at radius 1 is 0.926 bits per heavy atom. The largest absolute Gasteiger partial charge is 0.339 e. The molecule has 1 N–H and O–H groups in total. The standard InChI is InChI=1S/C21H28N2O3S/c1-5-16-11-9-12-17(6-2)20(16)22-27(25,26)19-14-10-13-18(15-19)21(24)23(7-3)8-4/h9-15,22H,5-8H2,1-4H3. The maximum absolute atomic E-state index is 13.0. The van der Waals surface area contributed by atoms with Crippen molar-refractivity contribution in [3.05, 3.63) is 59.2 Å². The molecule has 0 bridgehead atoms. The minimum absolute atomic E-state index is 0.0912. The number of hydrogen-bond acceptors (Lipinski definition) is 3. The lowest BCUT2D eigenvalue weighted by molar-refractivity contribution is 0.0772. The molecule has 146 valence electrons. The summed E-state index contributed by atoms with van der Waals surface area (Å²) in [7, 11) is -3.79. The second-order valence-corrected chi connectivity index (χ2v) is 7.95. The SMILES string of the molecule is CCc1cccc(CC)c1NS(=O)(=O)c1cccc(C(=O)N(CC)CC)c1. The molecule has 0 aliphatic heterocycles. The molecule has 0 aromatic heterocycles. The number of benzene rings is 2. The smallest absolute Gasteiger partial charge is 0.261 e. The Bertz CT molecular complexity index is 881. The van der Waals surface area contributed by atoms with Gasteiger partial charge in [0.15, 0.2) is 0 Å². The summed E-state index contributed by atoms with van der Waals surface area (Å²) in [5, 5.41) is 0. The van der Waals surface area contributed by atoms with Gasteiger partial charge in [-0.3, -0.25) is 9.52 Å². The van der Waals surface area contributed by atoms with Crippen LogP contribution in [0.5, 0.6) is 0 Å². The average molecular weight is 389 g/mol. The van der Waals surface area contributed by atoms with E-state index in [1.165, 1.54) is 12.1 Å². The van der Waals surface area contributed by atoms with Gasteiger partial charge in [-0.15, -0.1) is 0 Å². The zero-order valence-electron chi connectivity index (χ0n) is 16.5. The van der Waals surface area contributed by atoms with E-state index >= 15 is 0 Å². The summed E-state index contributed by atoms with van der Waals surface area (Å²) in [5.74, 6) is -0.166. The number of hydrogen-bond donors (Lipinski definition) is 1. The van der Waals surface area contributed by atoms with E-state index in [1.807, 2.05) is 45.9 Å². The molecule has 2 aromatic carbocycles. The van der Waals surface area contributed by atoms with Crippen molar-refractivity contribution in [2.24, 2.45) is 0 Å². The van der Waals surface area contributed by atoms with Crippen LogP contribution in [0.3, 0.4) is 0 Å². The van der Waals surface area contributed by atoms with Crippen molar-refractivity contribution >= 4 is 21.6 Å². The van der Waals surface area contributed by atoms with Crippen molar-refractivity contribution in [2.75, 3.05) is 17.8 Å². The Morgan fingerprint density at radius 3 is 2.00 bits per heavy atom. The van der Waals surface area contributed by atoms with Crippen molar-refractivity contribution < 1.29 is 13.2 Å². The number of carbonyl (C=O) groups excluding carboxylic acids is 1. The van der Waals surface area contributed by atoms with Gasteiger partial charge in [0.1, 0.15) is 0 Å². The summed E-state index contributed by atoms with van der Waals surface area (Å²) >= 11 is 0. The molecule has 2 aromatic rings. The van der Waals surface area contributed by atoms with E-state index in [2.05, 4.69) is 4.72 Å². The van der Waals surface area contributed by atoms with Gasteiger partial charge in [0.05, 0.1) is 10.6 Å². The van der Waals surface area contributed by atoms with E-state index in [0.717, 1.165) is 24.0 Å². The highest BCUT2D eigenvalue weighted by Gasteiger charge is 2.20. The predicted octanol–water partition coefficient (Wildman–Crippen LogP) is 4.09. The van der Waals surface area contributed by atoms with Gasteiger partial charge in [0.25, 0.3) is 15.9 Å². The Morgan fingerprint density at radius 2 is 1.48 bits per heavy atom. The van der Waals surface area contributed by atoms with E-state index in [9.17, 15) is 13.2 Å². The number of anilines is 1. The maximum Gasteiger partial charge on any atom is 0.261 e. The fourth-order valence-corrected chi connectivity index (χ4v) is 4.25. The number of aryl methyl sites for hydroxylation is 2. The van der Waals surface area contributed by atoms with Gasteiger partial charge < -0.3 is 4.90 Å². The van der Waals surface area contributed by atoms with Gasteiger partial charge in [-0.1, -0.05) is 38.1 Å². The zero-order valence-corrected chi connectivity index (χ0v) is 17.3. The number of rotatable bonds is 8. The molecule has 5 nitrogen and oxygen atoms in total. The highest BCUT2D eigenvalue weighted by Crippen LogP contribution is 2.26. The Balaban J connectivity index is 2.42. The van der Waals surface area contributed by atoms with E-state index in [-0.39, 0.29) is 10.8 Å². The molecule has 0 heterocycles. The summed E-state index contributed by atoms with van der Waals surface area (Å²) in [6, 6.07) is 12.0. The predicted molar refractivity (Wildman–Crippen MR) is 110 cm³/mol. The molecular weight excluding hydrogens is 360 g/mol. The lowest BCUT2D eigenvalue weighted by Gasteiger charge is -2.19. The molecular formula is C21H28N2O3S. The van der Waals surface area contributed by atoms with Gasteiger partial charge in [-0.05, 0) is 56.0 Å². The van der Waals surface area contributed by atoms with Crippen LogP contribution in [0.4, 0.5) is 5.69 Å². The molecule has 0 saturated carbocycles. The number of sulfonamides is 1. The maximum atomic E-state index is 13.0. The number of amides is 1. The molecule has 2 rings (SSSR count). The fraction of sp³-hybridized carbons (Fsp3) is 0.381. The second kappa shape index (κ2) is 9.04. The molecule has 0 spiro atoms. The topological polar surface area (TPSA) is 66.5 Å². The van der Waals surface area contributed by atoms with Crippen molar-refractivity contribution in [1.82, 2.24) is 4.90 Å². The molecule has 6 heteroatoms. The zero-order chi connectivity index (χ0) is 20.0. The van der Waals surface area contributed by atoms with Crippen LogP contribution in [0.15, 0.2) is 47.4 Å². The average Bonchev–Trinajstić information content (AvgIpc) is 2.68. The minimum atomic E-state index is -3.79. The van der Waals surface area contributed by atoms with Gasteiger partial charge in [0, 0.05) is 18.7 Å². The molecule has 0 aliphatic rings. The molecule has 0 aliphatic carbocycles. The lowest BCUT2D eigenvalue weighted by atomic mass is 10.0. The van der Waals surface area contributed by atoms with E-state index in [1.54, 1.807) is 17.0 Å². The van der Waals surface area contributed by atoms with Crippen LogP contribution < -0.4 is 4.72 Å². The van der Waals surface area contributed by atoms with Crippen molar-refractivity contribution in [3.8, 4) is 0 Å². The highest BCUT2D eigenvalue weighted by atomic mass is 32.2. The summed E-state index contributed by atoms with van der Waals surface area (Å²) in [6.45, 7) is 8.95. The first-order chi connectivity index (χ1) is 12.9. The van der Waals surface area contributed by atoms with Crippen molar-refractivity contribution in [2.45, 2.75) is 45.4 Å². The monoisotopic (exact) mass is 388 g/mol. The van der Waals surface area contributed by atoms with E-state index in [0.29, 0.717) is 24.3 Å². The molecule has 1 amide bonds. The molecule has 0 radical (unpaired) electrons. The molecule has 0 fully saturated rings. The molecule has 0 unspecified atom stereocenters. The lowest BCUT2D eigenvalue weighted by Crippen LogP contribution is -2.30. The first-order valence-electron chi connectivity index (χ1n) is 9.40. The third kappa shape index (κ3) is 4.69. The number of para-hydroxylation sites is 1. The molecule has 27 heavy (non-hydrogen) atoms. The van der Waals surface area contributed by atoms with Crippen LogP contribution in [0.1, 0.15) is 49.2 Å². The third-order valence-corrected chi connectivity index (χ3v) is 6.02. The van der Waals surface area contributed by atoms with Crippen LogP contribution in [-0.4, -0.2) is 32.3 Å². The van der Waals surface area contributed by atoms with Crippen LogP contribution in [-0.2, 0) is 22.9 Å². The van der Waals surface area contributed by atoms with E-state index in [4.69, 9.17) is 0 Å². The third-order valence-electron chi connectivity index (χ3n) is 4.68. The second-order valence-electron chi connectivity index (χ2n) is 6.27. The van der Waals surface area contributed by atoms with Gasteiger partial charge in [-0.25, -0.2) is 8.42 Å². The fourth-order valence-electron chi connectivity index (χ4n) is 3.06. The van der Waals surface area contributed by atoms with Crippen molar-refractivity contribution in [1.29, 1.82) is 0 Å². The van der Waals surface area contributed by atoms with Gasteiger partial charge in [-0.2, -0.15) is 0 Å². The quantitative estimate of drug-likeness (QED) is 0.740. The Kier molecular flexibility index (Phi) is 7.02. The van der Waals surface area contributed by atoms with Gasteiger partial charge in [0.2, 0.25) is 0 Å². The minimum Gasteiger partial charge on any atom is -0.339 e. The Hall–Kier alpha value is -2.34. The van der Waals surface area contributed by atoms with Crippen molar-refractivity contribution in [3.63, 3.8) is 0 Å². The normalized spacial score (nSPS) is 11.3. The van der Waals surface area contributed by atoms with Gasteiger partial charge >= 0.3 is 0 Å². The van der Waals surface area contributed by atoms with Crippen LogP contribution in [0, 0.1) is 0 Å². The molecule has 0 saturated heterocycles. The first-order valence-corrected chi connectivity index (χ1v) is 10.9.